The van der Waals surface area contributed by atoms with E-state index in [9.17, 15) is 9.59 Å². The summed E-state index contributed by atoms with van der Waals surface area (Å²) >= 11 is 11.9. The van der Waals surface area contributed by atoms with Gasteiger partial charge in [0.15, 0.2) is 0 Å². The van der Waals surface area contributed by atoms with Crippen molar-refractivity contribution < 1.29 is 9.59 Å². The van der Waals surface area contributed by atoms with Gasteiger partial charge < -0.3 is 21.3 Å². The van der Waals surface area contributed by atoms with Crippen LogP contribution in [0.3, 0.4) is 0 Å². The average Bonchev–Trinajstić information content (AvgIpc) is 2.85. The van der Waals surface area contributed by atoms with Gasteiger partial charge in [-0.05, 0) is 43.9 Å². The molecule has 1 aliphatic rings. The summed E-state index contributed by atoms with van der Waals surface area (Å²) in [6, 6.07) is 4.36. The summed E-state index contributed by atoms with van der Waals surface area (Å²) in [6.07, 6.45) is 3.43. The maximum Gasteiger partial charge on any atom is 0.251 e. The second-order valence-corrected chi connectivity index (χ2v) is 9.04. The predicted molar refractivity (Wildman–Crippen MR) is 123 cm³/mol. The van der Waals surface area contributed by atoms with E-state index >= 15 is 0 Å². The molecule has 0 radical (unpaired) electrons. The standard InChI is InChI=1S/C22H34Cl2N4O2/c1-4-15(5-2)13-28-9-8-17(27-20(22(28)30)10-14(3)25)12-26-21(29)16-6-7-18(23)19(24)11-16/h6-7,11,14-15,17,20,27H,4-5,8-10,12-13,25H2,1-3H3,(H,26,29)/t14?,17-,20-/m0/s1. The highest BCUT2D eigenvalue weighted by atomic mass is 35.5. The van der Waals surface area contributed by atoms with Crippen molar-refractivity contribution in [3.8, 4) is 0 Å². The maximum absolute atomic E-state index is 13.1. The summed E-state index contributed by atoms with van der Waals surface area (Å²) in [4.78, 5) is 27.6. The molecule has 1 heterocycles. The van der Waals surface area contributed by atoms with Crippen LogP contribution in [0.15, 0.2) is 18.2 Å². The number of carbonyl (C=O) groups is 2. The zero-order valence-electron chi connectivity index (χ0n) is 18.1. The molecule has 1 aromatic carbocycles. The number of hydrogen-bond donors (Lipinski definition) is 3. The molecule has 1 fully saturated rings. The van der Waals surface area contributed by atoms with Crippen LogP contribution in [0.1, 0.15) is 56.8 Å². The molecule has 6 nitrogen and oxygen atoms in total. The lowest BCUT2D eigenvalue weighted by Crippen LogP contribution is -2.51. The predicted octanol–water partition coefficient (Wildman–Crippen LogP) is 3.46. The van der Waals surface area contributed by atoms with Gasteiger partial charge in [0.05, 0.1) is 16.1 Å². The first-order valence-corrected chi connectivity index (χ1v) is 11.5. The van der Waals surface area contributed by atoms with Crippen molar-refractivity contribution >= 4 is 35.0 Å². The normalized spacial score (nSPS) is 20.9. The molecule has 1 unspecified atom stereocenters. The van der Waals surface area contributed by atoms with E-state index in [4.69, 9.17) is 28.9 Å². The van der Waals surface area contributed by atoms with Crippen LogP contribution in [-0.4, -0.2) is 54.5 Å². The van der Waals surface area contributed by atoms with Gasteiger partial charge >= 0.3 is 0 Å². The highest BCUT2D eigenvalue weighted by Crippen LogP contribution is 2.22. The molecule has 1 saturated heterocycles. The lowest BCUT2D eigenvalue weighted by atomic mass is 10.0. The van der Waals surface area contributed by atoms with Gasteiger partial charge in [0, 0.05) is 37.3 Å². The molecule has 30 heavy (non-hydrogen) atoms. The Bertz CT molecular complexity index is 725. The average molecular weight is 457 g/mol. The molecule has 1 aliphatic heterocycles. The summed E-state index contributed by atoms with van der Waals surface area (Å²) < 4.78 is 0. The Kier molecular flexibility index (Phi) is 9.88. The fraction of sp³-hybridized carbons (Fsp3) is 0.636. The van der Waals surface area contributed by atoms with Crippen molar-refractivity contribution in [1.82, 2.24) is 15.5 Å². The molecule has 0 bridgehead atoms. The Balaban J connectivity index is 2.04. The molecule has 168 valence electrons. The van der Waals surface area contributed by atoms with E-state index in [0.29, 0.717) is 41.0 Å². The third-order valence-electron chi connectivity index (χ3n) is 5.73. The van der Waals surface area contributed by atoms with E-state index < -0.39 is 0 Å². The number of nitrogens with zero attached hydrogens (tertiary/aromatic N) is 1. The van der Waals surface area contributed by atoms with E-state index in [0.717, 1.165) is 25.8 Å². The monoisotopic (exact) mass is 456 g/mol. The Hall–Kier alpha value is -1.34. The molecule has 2 rings (SSSR count). The minimum absolute atomic E-state index is 0.0175. The van der Waals surface area contributed by atoms with Crippen molar-refractivity contribution in [3.63, 3.8) is 0 Å². The van der Waals surface area contributed by atoms with Crippen molar-refractivity contribution in [1.29, 1.82) is 0 Å². The maximum atomic E-state index is 13.1. The van der Waals surface area contributed by atoms with Gasteiger partial charge in [-0.3, -0.25) is 9.59 Å². The van der Waals surface area contributed by atoms with Crippen LogP contribution in [0.25, 0.3) is 0 Å². The van der Waals surface area contributed by atoms with E-state index in [-0.39, 0.29) is 29.9 Å². The van der Waals surface area contributed by atoms with Gasteiger partial charge in [-0.15, -0.1) is 0 Å². The number of halogens is 2. The summed E-state index contributed by atoms with van der Waals surface area (Å²) in [6.45, 7) is 8.09. The molecule has 0 spiro atoms. The molecule has 1 aromatic rings. The second-order valence-electron chi connectivity index (χ2n) is 8.22. The minimum atomic E-state index is -0.339. The molecule has 0 saturated carbocycles. The molecular weight excluding hydrogens is 423 g/mol. The van der Waals surface area contributed by atoms with Crippen molar-refractivity contribution in [2.45, 2.75) is 64.6 Å². The Labute approximate surface area is 189 Å². The van der Waals surface area contributed by atoms with Crippen molar-refractivity contribution in [2.75, 3.05) is 19.6 Å². The molecule has 2 amide bonds. The zero-order chi connectivity index (χ0) is 22.3. The van der Waals surface area contributed by atoms with Gasteiger partial charge in [-0.1, -0.05) is 49.9 Å². The number of carbonyl (C=O) groups excluding carboxylic acids is 2. The number of hydrogen-bond acceptors (Lipinski definition) is 4. The Morgan fingerprint density at radius 1 is 1.30 bits per heavy atom. The molecule has 0 aliphatic carbocycles. The van der Waals surface area contributed by atoms with Crippen LogP contribution >= 0.6 is 23.2 Å². The quantitative estimate of drug-likeness (QED) is 0.530. The molecular formula is C22H34Cl2N4O2. The number of rotatable bonds is 9. The first-order chi connectivity index (χ1) is 14.2. The van der Waals surface area contributed by atoms with E-state index in [1.165, 1.54) is 0 Å². The van der Waals surface area contributed by atoms with Gasteiger partial charge in [0.2, 0.25) is 5.91 Å². The Morgan fingerprint density at radius 2 is 2.00 bits per heavy atom. The first-order valence-electron chi connectivity index (χ1n) is 10.8. The van der Waals surface area contributed by atoms with Crippen LogP contribution in [0.2, 0.25) is 10.0 Å². The minimum Gasteiger partial charge on any atom is -0.350 e. The zero-order valence-corrected chi connectivity index (χ0v) is 19.6. The van der Waals surface area contributed by atoms with Crippen LogP contribution in [0.4, 0.5) is 0 Å². The summed E-state index contributed by atoms with van der Waals surface area (Å²) in [5, 5.41) is 7.13. The fourth-order valence-electron chi connectivity index (χ4n) is 3.78. The molecule has 4 N–H and O–H groups in total. The topological polar surface area (TPSA) is 87.5 Å². The Morgan fingerprint density at radius 3 is 2.60 bits per heavy atom. The van der Waals surface area contributed by atoms with Crippen LogP contribution in [0, 0.1) is 5.92 Å². The SMILES string of the molecule is CCC(CC)CN1CC[C@@H](CNC(=O)c2ccc(Cl)c(Cl)c2)N[C@@H](CC(C)N)C1=O. The van der Waals surface area contributed by atoms with Gasteiger partial charge in [0.1, 0.15) is 0 Å². The van der Waals surface area contributed by atoms with Crippen molar-refractivity contribution in [2.24, 2.45) is 11.7 Å². The summed E-state index contributed by atoms with van der Waals surface area (Å²) in [5.41, 5.74) is 6.46. The van der Waals surface area contributed by atoms with E-state index in [1.807, 2.05) is 11.8 Å². The number of benzene rings is 1. The van der Waals surface area contributed by atoms with Crippen molar-refractivity contribution in [3.05, 3.63) is 33.8 Å². The smallest absolute Gasteiger partial charge is 0.251 e. The summed E-state index contributed by atoms with van der Waals surface area (Å²) in [7, 11) is 0. The van der Waals surface area contributed by atoms with Crippen LogP contribution in [0.5, 0.6) is 0 Å². The summed E-state index contributed by atoms with van der Waals surface area (Å²) in [5.74, 6) is 0.386. The molecule has 3 atom stereocenters. The molecule has 8 heteroatoms. The molecule has 0 aromatic heterocycles. The third-order valence-corrected chi connectivity index (χ3v) is 6.46. The van der Waals surface area contributed by atoms with Gasteiger partial charge in [-0.25, -0.2) is 0 Å². The highest BCUT2D eigenvalue weighted by molar-refractivity contribution is 6.42. The number of nitrogens with two attached hydrogens (primary N) is 1. The highest BCUT2D eigenvalue weighted by Gasteiger charge is 2.32. The number of amides is 2. The largest absolute Gasteiger partial charge is 0.350 e. The van der Waals surface area contributed by atoms with E-state index in [1.54, 1.807) is 18.2 Å². The van der Waals surface area contributed by atoms with Gasteiger partial charge in [-0.2, -0.15) is 0 Å². The lowest BCUT2D eigenvalue weighted by Gasteiger charge is -2.28. The van der Waals surface area contributed by atoms with Crippen LogP contribution in [-0.2, 0) is 4.79 Å². The second kappa shape index (κ2) is 11.9. The fourth-order valence-corrected chi connectivity index (χ4v) is 4.08. The third kappa shape index (κ3) is 7.12. The number of nitrogens with one attached hydrogen (secondary N) is 2. The van der Waals surface area contributed by atoms with Crippen LogP contribution < -0.4 is 16.4 Å². The first kappa shape index (κ1) is 24.9. The van der Waals surface area contributed by atoms with Gasteiger partial charge in [0.25, 0.3) is 5.91 Å². The van der Waals surface area contributed by atoms with E-state index in [2.05, 4.69) is 24.5 Å². The lowest BCUT2D eigenvalue weighted by molar-refractivity contribution is -0.133.